The second kappa shape index (κ2) is 5.30. The first-order chi connectivity index (χ1) is 8.25. The number of amides is 1. The second-order valence-electron chi connectivity index (χ2n) is 3.98. The maximum atomic E-state index is 11.6. The van der Waals surface area contributed by atoms with Crippen LogP contribution in [0.5, 0.6) is 0 Å². The van der Waals surface area contributed by atoms with E-state index in [-0.39, 0.29) is 5.91 Å². The molecule has 17 heavy (non-hydrogen) atoms. The second-order valence-corrected chi connectivity index (χ2v) is 3.98. The molecule has 0 bridgehead atoms. The predicted molar refractivity (Wildman–Crippen MR) is 65.8 cm³/mol. The van der Waals surface area contributed by atoms with Crippen LogP contribution >= 0.6 is 0 Å². The van der Waals surface area contributed by atoms with Crippen LogP contribution in [-0.4, -0.2) is 22.6 Å². The molecule has 0 radical (unpaired) electrons. The summed E-state index contributed by atoms with van der Waals surface area (Å²) >= 11 is 0. The van der Waals surface area contributed by atoms with Crippen LogP contribution < -0.4 is 5.32 Å². The van der Waals surface area contributed by atoms with Crippen LogP contribution in [0.15, 0.2) is 36.7 Å². The van der Waals surface area contributed by atoms with Gasteiger partial charge in [-0.1, -0.05) is 29.8 Å². The van der Waals surface area contributed by atoms with E-state index in [1.54, 1.807) is 6.20 Å². The first-order valence-electron chi connectivity index (χ1n) is 5.58. The van der Waals surface area contributed by atoms with E-state index in [0.29, 0.717) is 12.1 Å². The molecular weight excluding hydrogens is 214 g/mol. The highest BCUT2D eigenvalue weighted by Gasteiger charge is 2.04. The number of nitrogens with zero attached hydrogens (tertiary/aromatic N) is 1. The molecule has 1 aromatic carbocycles. The zero-order chi connectivity index (χ0) is 12.1. The highest BCUT2D eigenvalue weighted by Crippen LogP contribution is 2.04. The number of hydrogen-bond donors (Lipinski definition) is 2. The Morgan fingerprint density at radius 1 is 1.47 bits per heavy atom. The summed E-state index contributed by atoms with van der Waals surface area (Å²) in [7, 11) is 0. The van der Waals surface area contributed by atoms with E-state index in [1.165, 1.54) is 17.3 Å². The highest BCUT2D eigenvalue weighted by molar-refractivity contribution is 5.93. The minimum absolute atomic E-state index is 0.0913. The molecule has 0 fully saturated rings. The molecule has 2 rings (SSSR count). The molecule has 0 unspecified atom stereocenters. The lowest BCUT2D eigenvalue weighted by molar-refractivity contribution is 0.0954. The minimum atomic E-state index is -0.0913. The minimum Gasteiger partial charge on any atom is -0.352 e. The molecule has 2 N–H and O–H groups in total. The Balaban J connectivity index is 1.82. The van der Waals surface area contributed by atoms with E-state index in [1.807, 2.05) is 6.07 Å². The van der Waals surface area contributed by atoms with Crippen molar-refractivity contribution in [1.82, 2.24) is 15.5 Å². The summed E-state index contributed by atoms with van der Waals surface area (Å²) < 4.78 is 0. The van der Waals surface area contributed by atoms with Crippen molar-refractivity contribution >= 4 is 5.91 Å². The lowest BCUT2D eigenvalue weighted by Gasteiger charge is -2.04. The number of aromatic amines is 1. The average Bonchev–Trinajstić information content (AvgIpc) is 2.82. The van der Waals surface area contributed by atoms with Crippen molar-refractivity contribution in [2.24, 2.45) is 0 Å². The third-order valence-electron chi connectivity index (χ3n) is 2.54. The fourth-order valence-electron chi connectivity index (χ4n) is 1.67. The molecule has 0 saturated heterocycles. The van der Waals surface area contributed by atoms with Gasteiger partial charge in [0.05, 0.1) is 11.8 Å². The van der Waals surface area contributed by atoms with Crippen LogP contribution in [-0.2, 0) is 6.42 Å². The number of aryl methyl sites for hydroxylation is 1. The number of carbonyl (C=O) groups excluding carboxylic acids is 1. The van der Waals surface area contributed by atoms with E-state index >= 15 is 0 Å². The monoisotopic (exact) mass is 229 g/mol. The molecule has 4 heteroatoms. The molecule has 2 aromatic rings. The molecular formula is C13H15N3O. The van der Waals surface area contributed by atoms with Gasteiger partial charge in [-0.25, -0.2) is 0 Å². The Morgan fingerprint density at radius 3 is 3.06 bits per heavy atom. The molecule has 0 saturated carbocycles. The van der Waals surface area contributed by atoms with E-state index in [0.717, 1.165) is 6.42 Å². The molecule has 0 atom stereocenters. The van der Waals surface area contributed by atoms with Crippen molar-refractivity contribution in [3.63, 3.8) is 0 Å². The van der Waals surface area contributed by atoms with Gasteiger partial charge in [0.15, 0.2) is 0 Å². The van der Waals surface area contributed by atoms with Gasteiger partial charge in [-0.2, -0.15) is 5.10 Å². The molecule has 0 spiro atoms. The number of hydrogen-bond acceptors (Lipinski definition) is 2. The van der Waals surface area contributed by atoms with Crippen molar-refractivity contribution in [1.29, 1.82) is 0 Å². The lowest BCUT2D eigenvalue weighted by Crippen LogP contribution is -2.25. The van der Waals surface area contributed by atoms with Crippen LogP contribution in [0.3, 0.4) is 0 Å². The number of rotatable bonds is 4. The molecule has 1 heterocycles. The van der Waals surface area contributed by atoms with Gasteiger partial charge in [0.1, 0.15) is 0 Å². The summed E-state index contributed by atoms with van der Waals surface area (Å²) in [4.78, 5) is 11.6. The number of H-pyrrole nitrogens is 1. The van der Waals surface area contributed by atoms with Gasteiger partial charge in [-0.05, 0) is 18.9 Å². The molecule has 88 valence electrons. The Kier molecular flexibility index (Phi) is 3.55. The van der Waals surface area contributed by atoms with Crippen LogP contribution in [0.25, 0.3) is 0 Å². The Hall–Kier alpha value is -2.10. The van der Waals surface area contributed by atoms with Crippen LogP contribution in [0, 0.1) is 6.92 Å². The average molecular weight is 229 g/mol. The fourth-order valence-corrected chi connectivity index (χ4v) is 1.67. The summed E-state index contributed by atoms with van der Waals surface area (Å²) in [5.41, 5.74) is 3.04. The van der Waals surface area contributed by atoms with Crippen molar-refractivity contribution in [3.05, 3.63) is 53.3 Å². The van der Waals surface area contributed by atoms with Crippen LogP contribution in [0.2, 0.25) is 0 Å². The molecule has 4 nitrogen and oxygen atoms in total. The number of aromatic nitrogens is 2. The quantitative estimate of drug-likeness (QED) is 0.838. The van der Waals surface area contributed by atoms with Gasteiger partial charge in [0.25, 0.3) is 5.91 Å². The van der Waals surface area contributed by atoms with Gasteiger partial charge in [-0.15, -0.1) is 0 Å². The lowest BCUT2D eigenvalue weighted by atomic mass is 10.1. The summed E-state index contributed by atoms with van der Waals surface area (Å²) in [6, 6.07) is 8.29. The van der Waals surface area contributed by atoms with E-state index < -0.39 is 0 Å². The zero-order valence-electron chi connectivity index (χ0n) is 9.73. The smallest absolute Gasteiger partial charge is 0.254 e. The zero-order valence-corrected chi connectivity index (χ0v) is 9.73. The summed E-state index contributed by atoms with van der Waals surface area (Å²) in [6.45, 7) is 2.70. The summed E-state index contributed by atoms with van der Waals surface area (Å²) in [5, 5.41) is 9.20. The highest BCUT2D eigenvalue weighted by atomic mass is 16.1. The standard InChI is InChI=1S/C13H15N3O/c1-10-3-2-4-11(7-10)5-6-14-13(17)12-8-15-16-9-12/h2-4,7-9H,5-6H2,1H3,(H,14,17)(H,15,16). The van der Waals surface area contributed by atoms with Gasteiger partial charge in [-0.3, -0.25) is 9.89 Å². The molecule has 0 aliphatic carbocycles. The van der Waals surface area contributed by atoms with Crippen molar-refractivity contribution in [2.75, 3.05) is 6.54 Å². The van der Waals surface area contributed by atoms with Gasteiger partial charge in [0.2, 0.25) is 0 Å². The van der Waals surface area contributed by atoms with Crippen molar-refractivity contribution < 1.29 is 4.79 Å². The first kappa shape index (κ1) is 11.4. The van der Waals surface area contributed by atoms with Gasteiger partial charge < -0.3 is 5.32 Å². The Labute approximate surface area is 100 Å². The van der Waals surface area contributed by atoms with Crippen LogP contribution in [0.4, 0.5) is 0 Å². The predicted octanol–water partition coefficient (Wildman–Crippen LogP) is 1.69. The maximum Gasteiger partial charge on any atom is 0.254 e. The molecule has 1 aromatic heterocycles. The van der Waals surface area contributed by atoms with Gasteiger partial charge in [0, 0.05) is 12.7 Å². The van der Waals surface area contributed by atoms with E-state index in [4.69, 9.17) is 0 Å². The topological polar surface area (TPSA) is 57.8 Å². The largest absolute Gasteiger partial charge is 0.352 e. The first-order valence-corrected chi connectivity index (χ1v) is 5.58. The fraction of sp³-hybridized carbons (Fsp3) is 0.231. The van der Waals surface area contributed by atoms with Gasteiger partial charge >= 0.3 is 0 Å². The summed E-state index contributed by atoms with van der Waals surface area (Å²) in [6.07, 6.45) is 3.94. The number of nitrogens with one attached hydrogen (secondary N) is 2. The Morgan fingerprint density at radius 2 is 2.35 bits per heavy atom. The Bertz CT molecular complexity index is 491. The summed E-state index contributed by atoms with van der Waals surface area (Å²) in [5.74, 6) is -0.0913. The third kappa shape index (κ3) is 3.17. The maximum absolute atomic E-state index is 11.6. The third-order valence-corrected chi connectivity index (χ3v) is 2.54. The van der Waals surface area contributed by atoms with E-state index in [2.05, 4.69) is 40.6 Å². The SMILES string of the molecule is Cc1cccc(CCNC(=O)c2cn[nH]c2)c1. The van der Waals surface area contributed by atoms with Crippen molar-refractivity contribution in [2.45, 2.75) is 13.3 Å². The van der Waals surface area contributed by atoms with Crippen LogP contribution in [0.1, 0.15) is 21.5 Å². The van der Waals surface area contributed by atoms with Crippen molar-refractivity contribution in [3.8, 4) is 0 Å². The number of benzene rings is 1. The molecule has 1 amide bonds. The molecule has 0 aliphatic heterocycles. The van der Waals surface area contributed by atoms with E-state index in [9.17, 15) is 4.79 Å². The number of carbonyl (C=O) groups is 1. The molecule has 0 aliphatic rings. The normalized spacial score (nSPS) is 10.2.